The van der Waals surface area contributed by atoms with Crippen LogP contribution in [0.1, 0.15) is 12.2 Å². The maximum Gasteiger partial charge on any atom is 0.126 e. The lowest BCUT2D eigenvalue weighted by Crippen LogP contribution is -2.49. The lowest BCUT2D eigenvalue weighted by atomic mass is 10.1. The van der Waals surface area contributed by atoms with Crippen LogP contribution >= 0.6 is 0 Å². The summed E-state index contributed by atoms with van der Waals surface area (Å²) in [6.45, 7) is 4.92. The van der Waals surface area contributed by atoms with Gasteiger partial charge >= 0.3 is 0 Å². The number of hydrogen-bond acceptors (Lipinski definition) is 4. The molecule has 0 radical (unpaired) electrons. The van der Waals surface area contributed by atoms with E-state index in [4.69, 9.17) is 9.15 Å². The molecule has 2 aliphatic rings. The fraction of sp³-hybridized carbons (Fsp3) is 0.444. The van der Waals surface area contributed by atoms with Crippen LogP contribution in [0.3, 0.4) is 0 Å². The third kappa shape index (κ3) is 3.41. The molecule has 4 rings (SSSR count). The summed E-state index contributed by atoms with van der Waals surface area (Å²) < 4.78 is 24.7. The van der Waals surface area contributed by atoms with Crippen LogP contribution in [-0.4, -0.2) is 48.1 Å². The Morgan fingerprint density at radius 2 is 2.13 bits per heavy atom. The fourth-order valence-corrected chi connectivity index (χ4v) is 3.65. The first-order valence-corrected chi connectivity index (χ1v) is 8.17. The van der Waals surface area contributed by atoms with E-state index in [1.165, 1.54) is 12.1 Å². The van der Waals surface area contributed by atoms with Crippen molar-refractivity contribution in [2.75, 3.05) is 26.2 Å². The summed E-state index contributed by atoms with van der Waals surface area (Å²) in [5.74, 6) is 1.40. The maximum atomic E-state index is 13.3. The largest absolute Gasteiger partial charge is 0.489 e. The minimum absolute atomic E-state index is 0.144. The number of piperazine rings is 1. The summed E-state index contributed by atoms with van der Waals surface area (Å²) in [6, 6.07) is 10.9. The highest BCUT2D eigenvalue weighted by Gasteiger charge is 2.37. The normalized spacial score (nSPS) is 25.4. The zero-order valence-corrected chi connectivity index (χ0v) is 13.0. The molecule has 2 aromatic rings. The van der Waals surface area contributed by atoms with Crippen LogP contribution in [0.25, 0.3) is 0 Å². The van der Waals surface area contributed by atoms with E-state index in [9.17, 15) is 4.39 Å². The van der Waals surface area contributed by atoms with Gasteiger partial charge in [-0.1, -0.05) is 6.07 Å². The summed E-state index contributed by atoms with van der Waals surface area (Å²) in [5, 5.41) is 0. The predicted molar refractivity (Wildman–Crippen MR) is 84.8 cm³/mol. The van der Waals surface area contributed by atoms with E-state index >= 15 is 0 Å². The monoisotopic (exact) mass is 316 g/mol. The number of halogens is 1. The van der Waals surface area contributed by atoms with Gasteiger partial charge in [0, 0.05) is 44.7 Å². The molecule has 3 heterocycles. The van der Waals surface area contributed by atoms with E-state index in [1.54, 1.807) is 12.3 Å². The van der Waals surface area contributed by atoms with Gasteiger partial charge in [0.1, 0.15) is 23.4 Å². The molecule has 1 aromatic heterocycles. The van der Waals surface area contributed by atoms with Crippen molar-refractivity contribution in [2.45, 2.75) is 25.1 Å². The Morgan fingerprint density at radius 1 is 1.17 bits per heavy atom. The Morgan fingerprint density at radius 3 is 2.96 bits per heavy atom. The van der Waals surface area contributed by atoms with Crippen molar-refractivity contribution in [3.8, 4) is 5.75 Å². The molecule has 0 aliphatic carbocycles. The lowest BCUT2D eigenvalue weighted by molar-refractivity contribution is 0.0927. The maximum absolute atomic E-state index is 13.3. The van der Waals surface area contributed by atoms with Crippen molar-refractivity contribution < 1.29 is 13.5 Å². The molecule has 122 valence electrons. The molecular weight excluding hydrogens is 295 g/mol. The highest BCUT2D eigenvalue weighted by Crippen LogP contribution is 2.26. The summed E-state index contributed by atoms with van der Waals surface area (Å²) >= 11 is 0. The van der Waals surface area contributed by atoms with E-state index in [2.05, 4.69) is 9.80 Å². The van der Waals surface area contributed by atoms with E-state index in [0.29, 0.717) is 11.8 Å². The summed E-state index contributed by atoms with van der Waals surface area (Å²) in [5.41, 5.74) is 0. The van der Waals surface area contributed by atoms with Gasteiger partial charge in [0.15, 0.2) is 0 Å². The summed E-state index contributed by atoms with van der Waals surface area (Å²) in [7, 11) is 0. The minimum atomic E-state index is -0.247. The van der Waals surface area contributed by atoms with Crippen LogP contribution in [0.2, 0.25) is 0 Å². The number of rotatable bonds is 4. The Bertz CT molecular complexity index is 646. The topological polar surface area (TPSA) is 28.9 Å². The molecule has 0 N–H and O–H groups in total. The molecule has 1 aromatic carbocycles. The van der Waals surface area contributed by atoms with Crippen molar-refractivity contribution in [1.29, 1.82) is 0 Å². The number of nitrogens with zero attached hydrogens (tertiary/aromatic N) is 2. The lowest BCUT2D eigenvalue weighted by Gasteiger charge is -2.36. The van der Waals surface area contributed by atoms with Gasteiger partial charge in [-0.05, 0) is 24.3 Å². The van der Waals surface area contributed by atoms with Crippen LogP contribution in [0.15, 0.2) is 47.1 Å². The van der Waals surface area contributed by atoms with Crippen LogP contribution in [-0.2, 0) is 6.54 Å². The number of furan rings is 1. The van der Waals surface area contributed by atoms with Gasteiger partial charge in [-0.2, -0.15) is 0 Å². The van der Waals surface area contributed by atoms with Gasteiger partial charge in [0.2, 0.25) is 0 Å². The number of fused-ring (bicyclic) bond motifs is 1. The first-order valence-electron chi connectivity index (χ1n) is 8.17. The highest BCUT2D eigenvalue weighted by atomic mass is 19.1. The summed E-state index contributed by atoms with van der Waals surface area (Å²) in [4.78, 5) is 4.92. The van der Waals surface area contributed by atoms with Crippen molar-refractivity contribution in [3.05, 3.63) is 54.2 Å². The van der Waals surface area contributed by atoms with Gasteiger partial charge in [-0.3, -0.25) is 9.80 Å². The third-order valence-electron chi connectivity index (χ3n) is 4.72. The summed E-state index contributed by atoms with van der Waals surface area (Å²) in [6.07, 6.45) is 2.86. The zero-order chi connectivity index (χ0) is 15.6. The minimum Gasteiger partial charge on any atom is -0.489 e. The van der Waals surface area contributed by atoms with Crippen molar-refractivity contribution in [2.24, 2.45) is 0 Å². The van der Waals surface area contributed by atoms with Crippen LogP contribution in [0.4, 0.5) is 4.39 Å². The Labute approximate surface area is 135 Å². The molecule has 0 bridgehead atoms. The molecule has 2 atom stereocenters. The molecule has 0 spiro atoms. The molecule has 2 aliphatic heterocycles. The third-order valence-corrected chi connectivity index (χ3v) is 4.72. The molecular formula is C18H21FN2O2. The second-order valence-corrected chi connectivity index (χ2v) is 6.40. The van der Waals surface area contributed by atoms with Crippen molar-refractivity contribution in [1.82, 2.24) is 9.80 Å². The van der Waals surface area contributed by atoms with Crippen molar-refractivity contribution >= 4 is 0 Å². The predicted octanol–water partition coefficient (Wildman–Crippen LogP) is 2.76. The molecule has 0 amide bonds. The molecule has 23 heavy (non-hydrogen) atoms. The molecule has 5 heteroatoms. The molecule has 2 fully saturated rings. The van der Waals surface area contributed by atoms with E-state index in [-0.39, 0.29) is 11.9 Å². The first kappa shape index (κ1) is 14.7. The fourth-order valence-electron chi connectivity index (χ4n) is 3.65. The Kier molecular flexibility index (Phi) is 4.06. The van der Waals surface area contributed by atoms with Gasteiger partial charge in [-0.15, -0.1) is 0 Å². The number of benzene rings is 1. The number of ether oxygens (including phenoxy) is 1. The van der Waals surface area contributed by atoms with Gasteiger partial charge in [-0.25, -0.2) is 4.39 Å². The molecule has 0 unspecified atom stereocenters. The Balaban J connectivity index is 1.34. The van der Waals surface area contributed by atoms with Gasteiger partial charge < -0.3 is 9.15 Å². The van der Waals surface area contributed by atoms with Crippen LogP contribution in [0, 0.1) is 5.82 Å². The zero-order valence-electron chi connectivity index (χ0n) is 13.0. The first-order chi connectivity index (χ1) is 11.3. The molecule has 4 nitrogen and oxygen atoms in total. The van der Waals surface area contributed by atoms with E-state index < -0.39 is 0 Å². The smallest absolute Gasteiger partial charge is 0.126 e. The number of hydrogen-bond donors (Lipinski definition) is 0. The van der Waals surface area contributed by atoms with E-state index in [1.807, 2.05) is 18.2 Å². The van der Waals surface area contributed by atoms with Gasteiger partial charge in [0.05, 0.1) is 12.8 Å². The van der Waals surface area contributed by atoms with Crippen molar-refractivity contribution in [3.63, 3.8) is 0 Å². The van der Waals surface area contributed by atoms with E-state index in [0.717, 1.165) is 44.9 Å². The SMILES string of the molecule is Fc1cccc(O[C@H]2C[C@@H]3CN(Cc4ccco4)CCN3C2)c1. The average molecular weight is 316 g/mol. The van der Waals surface area contributed by atoms with Crippen LogP contribution < -0.4 is 4.74 Å². The molecule has 2 saturated heterocycles. The quantitative estimate of drug-likeness (QED) is 0.867. The highest BCUT2D eigenvalue weighted by molar-refractivity contribution is 5.23. The standard InChI is InChI=1S/C18H21FN2O2/c19-14-3-1-4-16(9-14)23-18-10-15-11-20(6-7-21(15)13-18)12-17-5-2-8-22-17/h1-5,8-9,15,18H,6-7,10-13H2/t15-,18+/m1/s1. The van der Waals surface area contributed by atoms with Gasteiger partial charge in [0.25, 0.3) is 0 Å². The van der Waals surface area contributed by atoms with Crippen LogP contribution in [0.5, 0.6) is 5.75 Å². The Hall–Kier alpha value is -1.85. The second kappa shape index (κ2) is 6.34. The second-order valence-electron chi connectivity index (χ2n) is 6.40. The molecule has 0 saturated carbocycles. The average Bonchev–Trinajstić information content (AvgIpc) is 3.16.